The highest BCUT2D eigenvalue weighted by Gasteiger charge is 2.11. The molecule has 0 aromatic heterocycles. The Balaban J connectivity index is 2.24. The van der Waals surface area contributed by atoms with E-state index in [1.807, 2.05) is 36.4 Å². The molecule has 2 aromatic rings. The van der Waals surface area contributed by atoms with E-state index >= 15 is 0 Å². The Morgan fingerprint density at radius 3 is 1.79 bits per heavy atom. The normalized spacial score (nSPS) is 10.9. The molecular formula is C29H40O5. The molecule has 0 N–H and O–H groups in total. The van der Waals surface area contributed by atoms with Gasteiger partial charge in [0.15, 0.2) is 6.29 Å². The van der Waals surface area contributed by atoms with Crippen LogP contribution in [0.15, 0.2) is 30.3 Å². The monoisotopic (exact) mass is 468 g/mol. The van der Waals surface area contributed by atoms with E-state index in [0.717, 1.165) is 48.2 Å². The number of hydrogen-bond donors (Lipinski definition) is 0. The molecule has 0 radical (unpaired) electrons. The summed E-state index contributed by atoms with van der Waals surface area (Å²) in [6, 6.07) is 9.39. The minimum Gasteiger partial charge on any atom is -0.497 e. The second kappa shape index (κ2) is 15.8. The Hall–Kier alpha value is -2.95. The molecule has 2 aromatic carbocycles. The molecule has 5 nitrogen and oxygen atoms in total. The van der Waals surface area contributed by atoms with Crippen molar-refractivity contribution in [2.75, 3.05) is 27.4 Å². The molecular weight excluding hydrogens is 428 g/mol. The van der Waals surface area contributed by atoms with E-state index in [1.54, 1.807) is 20.3 Å². The largest absolute Gasteiger partial charge is 0.497 e. The SMILES string of the molecule is CCCCCCOc1cc(/C=C/c2cc(OC)ccc2OCCCCCC)c(OC)cc1C=O. The molecule has 0 bridgehead atoms. The molecule has 186 valence electrons. The third-order valence-electron chi connectivity index (χ3n) is 5.66. The average molecular weight is 469 g/mol. The van der Waals surface area contributed by atoms with Gasteiger partial charge in [0.2, 0.25) is 0 Å². The first-order valence-electron chi connectivity index (χ1n) is 12.5. The standard InChI is InChI=1S/C29H40O5/c1-5-7-9-11-17-33-27-16-15-26(31-3)19-23(27)13-14-24-20-29(34-18-12-10-8-6-2)25(22-30)21-28(24)32-4/h13-16,19-22H,5-12,17-18H2,1-4H3/b14-13+. The van der Waals surface area contributed by atoms with Gasteiger partial charge in [-0.05, 0) is 43.2 Å². The van der Waals surface area contributed by atoms with Crippen LogP contribution in [0.1, 0.15) is 86.7 Å². The van der Waals surface area contributed by atoms with Crippen molar-refractivity contribution in [1.82, 2.24) is 0 Å². The van der Waals surface area contributed by atoms with E-state index in [4.69, 9.17) is 18.9 Å². The molecule has 0 aliphatic carbocycles. The molecule has 2 rings (SSSR count). The number of carbonyl (C=O) groups excluding carboxylic acids is 1. The smallest absolute Gasteiger partial charge is 0.153 e. The summed E-state index contributed by atoms with van der Waals surface area (Å²) >= 11 is 0. The van der Waals surface area contributed by atoms with Gasteiger partial charge >= 0.3 is 0 Å². The lowest BCUT2D eigenvalue weighted by Crippen LogP contribution is -2.01. The number of carbonyl (C=O) groups is 1. The van der Waals surface area contributed by atoms with Crippen LogP contribution in [0.5, 0.6) is 23.0 Å². The highest BCUT2D eigenvalue weighted by atomic mass is 16.5. The molecule has 0 aliphatic heterocycles. The second-order valence-electron chi connectivity index (χ2n) is 8.31. The third-order valence-corrected chi connectivity index (χ3v) is 5.66. The van der Waals surface area contributed by atoms with Crippen LogP contribution in [0, 0.1) is 0 Å². The summed E-state index contributed by atoms with van der Waals surface area (Å²) in [7, 11) is 3.25. The van der Waals surface area contributed by atoms with Gasteiger partial charge in [0.1, 0.15) is 23.0 Å². The van der Waals surface area contributed by atoms with Crippen LogP contribution in [0.4, 0.5) is 0 Å². The van der Waals surface area contributed by atoms with Gasteiger partial charge in [-0.1, -0.05) is 64.5 Å². The highest BCUT2D eigenvalue weighted by Crippen LogP contribution is 2.32. The van der Waals surface area contributed by atoms with Crippen molar-refractivity contribution < 1.29 is 23.7 Å². The van der Waals surface area contributed by atoms with E-state index in [-0.39, 0.29) is 0 Å². The van der Waals surface area contributed by atoms with E-state index in [9.17, 15) is 4.79 Å². The number of aldehydes is 1. The molecule has 0 saturated heterocycles. The molecule has 0 heterocycles. The maximum atomic E-state index is 11.6. The fourth-order valence-electron chi connectivity index (χ4n) is 3.63. The fourth-order valence-corrected chi connectivity index (χ4v) is 3.63. The molecule has 5 heteroatoms. The summed E-state index contributed by atoms with van der Waals surface area (Å²) in [4.78, 5) is 11.6. The first-order valence-corrected chi connectivity index (χ1v) is 12.5. The third kappa shape index (κ3) is 8.77. The summed E-state index contributed by atoms with van der Waals surface area (Å²) in [5.74, 6) is 2.76. The molecule has 0 saturated carbocycles. The Morgan fingerprint density at radius 1 is 0.647 bits per heavy atom. The Labute approximate surface area is 205 Å². The lowest BCUT2D eigenvalue weighted by atomic mass is 10.1. The van der Waals surface area contributed by atoms with E-state index in [1.165, 1.54) is 32.1 Å². The van der Waals surface area contributed by atoms with Crippen molar-refractivity contribution in [3.05, 3.63) is 47.0 Å². The predicted molar refractivity (Wildman–Crippen MR) is 140 cm³/mol. The minimum absolute atomic E-state index is 0.488. The van der Waals surface area contributed by atoms with Crippen LogP contribution >= 0.6 is 0 Å². The number of hydrogen-bond acceptors (Lipinski definition) is 5. The van der Waals surface area contributed by atoms with Crippen LogP contribution in [0.2, 0.25) is 0 Å². The minimum atomic E-state index is 0.488. The zero-order valence-corrected chi connectivity index (χ0v) is 21.2. The van der Waals surface area contributed by atoms with Gasteiger partial charge in [0.25, 0.3) is 0 Å². The zero-order valence-electron chi connectivity index (χ0n) is 21.2. The van der Waals surface area contributed by atoms with Crippen LogP contribution in [0.3, 0.4) is 0 Å². The summed E-state index contributed by atoms with van der Waals surface area (Å²) in [5.41, 5.74) is 2.23. The van der Waals surface area contributed by atoms with Crippen LogP contribution in [-0.4, -0.2) is 33.7 Å². The number of rotatable bonds is 17. The van der Waals surface area contributed by atoms with E-state index in [0.29, 0.717) is 30.3 Å². The first kappa shape index (κ1) is 27.3. The number of benzene rings is 2. The maximum absolute atomic E-state index is 11.6. The summed E-state index contributed by atoms with van der Waals surface area (Å²) in [6.07, 6.45) is 13.8. The van der Waals surface area contributed by atoms with Crippen molar-refractivity contribution in [3.63, 3.8) is 0 Å². The maximum Gasteiger partial charge on any atom is 0.153 e. The van der Waals surface area contributed by atoms with Gasteiger partial charge in [0.05, 0.1) is 33.0 Å². The lowest BCUT2D eigenvalue weighted by molar-refractivity contribution is 0.111. The highest BCUT2D eigenvalue weighted by molar-refractivity contribution is 5.84. The summed E-state index contributed by atoms with van der Waals surface area (Å²) < 4.78 is 23.0. The fraction of sp³-hybridized carbons (Fsp3) is 0.483. The van der Waals surface area contributed by atoms with Gasteiger partial charge in [-0.2, -0.15) is 0 Å². The van der Waals surface area contributed by atoms with Gasteiger partial charge in [-0.3, -0.25) is 4.79 Å². The van der Waals surface area contributed by atoms with Crippen molar-refractivity contribution in [3.8, 4) is 23.0 Å². The first-order chi connectivity index (χ1) is 16.7. The molecule has 0 fully saturated rings. The second-order valence-corrected chi connectivity index (χ2v) is 8.31. The van der Waals surface area contributed by atoms with E-state index in [2.05, 4.69) is 13.8 Å². The van der Waals surface area contributed by atoms with Crippen molar-refractivity contribution in [2.24, 2.45) is 0 Å². The Bertz CT molecular complexity index is 904. The molecule has 0 unspecified atom stereocenters. The number of methoxy groups -OCH3 is 2. The number of unbranched alkanes of at least 4 members (excludes halogenated alkanes) is 6. The van der Waals surface area contributed by atoms with Crippen molar-refractivity contribution in [2.45, 2.75) is 65.2 Å². The number of ether oxygens (including phenoxy) is 4. The quantitative estimate of drug-likeness (QED) is 0.136. The van der Waals surface area contributed by atoms with Crippen LogP contribution < -0.4 is 18.9 Å². The van der Waals surface area contributed by atoms with Crippen molar-refractivity contribution in [1.29, 1.82) is 0 Å². The average Bonchev–Trinajstić information content (AvgIpc) is 2.87. The Morgan fingerprint density at radius 2 is 1.24 bits per heavy atom. The van der Waals surface area contributed by atoms with Gasteiger partial charge in [-0.25, -0.2) is 0 Å². The zero-order chi connectivity index (χ0) is 24.6. The molecule has 0 spiro atoms. The van der Waals surface area contributed by atoms with Crippen LogP contribution in [-0.2, 0) is 0 Å². The summed E-state index contributed by atoms with van der Waals surface area (Å²) in [6.45, 7) is 5.65. The van der Waals surface area contributed by atoms with Crippen LogP contribution in [0.25, 0.3) is 12.2 Å². The van der Waals surface area contributed by atoms with Crippen molar-refractivity contribution >= 4 is 18.4 Å². The predicted octanol–water partition coefficient (Wildman–Crippen LogP) is 7.60. The van der Waals surface area contributed by atoms with E-state index < -0.39 is 0 Å². The van der Waals surface area contributed by atoms with Gasteiger partial charge in [-0.15, -0.1) is 0 Å². The topological polar surface area (TPSA) is 54.0 Å². The van der Waals surface area contributed by atoms with Gasteiger partial charge in [0, 0.05) is 11.1 Å². The Kier molecular flexibility index (Phi) is 12.7. The molecule has 0 atom stereocenters. The molecule has 34 heavy (non-hydrogen) atoms. The van der Waals surface area contributed by atoms with Gasteiger partial charge < -0.3 is 18.9 Å². The molecule has 0 aliphatic rings. The molecule has 0 amide bonds. The summed E-state index contributed by atoms with van der Waals surface area (Å²) in [5, 5.41) is 0. The lowest BCUT2D eigenvalue weighted by Gasteiger charge is -2.13.